The molecule has 1 N–H and O–H groups in total. The summed E-state index contributed by atoms with van der Waals surface area (Å²) in [5.74, 6) is 0.300. The molecule has 0 aromatic carbocycles. The summed E-state index contributed by atoms with van der Waals surface area (Å²) in [6.45, 7) is 6.18. The highest BCUT2D eigenvalue weighted by Crippen LogP contribution is 2.71. The highest BCUT2D eigenvalue weighted by Gasteiger charge is 2.76. The first-order chi connectivity index (χ1) is 11.1. The Kier molecular flexibility index (Phi) is 2.81. The van der Waals surface area contributed by atoms with Gasteiger partial charge in [0.1, 0.15) is 0 Å². The number of piperazine rings is 1. The van der Waals surface area contributed by atoms with Crippen molar-refractivity contribution >= 4 is 11.9 Å². The number of hydrogen-bond acceptors (Lipinski definition) is 4. The molecule has 3 aliphatic heterocycles. The second kappa shape index (κ2) is 4.60. The van der Waals surface area contributed by atoms with Crippen molar-refractivity contribution < 1.29 is 14.3 Å². The molecule has 6 rings (SSSR count). The highest BCUT2D eigenvalue weighted by atomic mass is 16.5. The van der Waals surface area contributed by atoms with Crippen LogP contribution in [0.1, 0.15) is 19.3 Å². The van der Waals surface area contributed by atoms with Crippen LogP contribution < -0.4 is 5.32 Å². The lowest BCUT2D eigenvalue weighted by molar-refractivity contribution is -0.215. The standard InChI is InChI=1S/C16H24N4O3/c21-13(18-3-5-23-6-4-18)15-9-16(10-15,11-15)20-8-12-7-17-1-2-19(12)14(20)22/h12,17H,1-11H2. The Hall–Kier alpha value is -1.34. The monoisotopic (exact) mass is 320 g/mol. The van der Waals surface area contributed by atoms with Crippen LogP contribution in [-0.2, 0) is 9.53 Å². The number of amides is 3. The fourth-order valence-corrected chi connectivity index (χ4v) is 5.37. The normalized spacial score (nSPS) is 42.2. The van der Waals surface area contributed by atoms with Gasteiger partial charge in [-0.1, -0.05) is 0 Å². The zero-order valence-electron chi connectivity index (χ0n) is 13.4. The molecule has 0 radical (unpaired) electrons. The van der Waals surface area contributed by atoms with Gasteiger partial charge in [0.15, 0.2) is 0 Å². The fraction of sp³-hybridized carbons (Fsp3) is 0.875. The number of fused-ring (bicyclic) bond motifs is 1. The molecule has 126 valence electrons. The van der Waals surface area contributed by atoms with Gasteiger partial charge < -0.3 is 24.8 Å². The van der Waals surface area contributed by atoms with Gasteiger partial charge in [-0.2, -0.15) is 0 Å². The fourth-order valence-electron chi connectivity index (χ4n) is 5.37. The van der Waals surface area contributed by atoms with Crippen molar-refractivity contribution in [2.45, 2.75) is 30.8 Å². The Balaban J connectivity index is 1.26. The summed E-state index contributed by atoms with van der Waals surface area (Å²) >= 11 is 0. The number of carbonyl (C=O) groups is 2. The van der Waals surface area contributed by atoms with Crippen molar-refractivity contribution in [1.82, 2.24) is 20.0 Å². The summed E-state index contributed by atoms with van der Waals surface area (Å²) in [4.78, 5) is 31.5. The predicted octanol–water partition coefficient (Wildman–Crippen LogP) is -0.523. The minimum atomic E-state index is -0.168. The van der Waals surface area contributed by atoms with Gasteiger partial charge in [-0.3, -0.25) is 4.79 Å². The molecular formula is C16H24N4O3. The molecule has 0 aromatic heterocycles. The first kappa shape index (κ1) is 14.0. The third-order valence-corrected chi connectivity index (χ3v) is 6.55. The van der Waals surface area contributed by atoms with E-state index in [0.717, 1.165) is 58.5 Å². The smallest absolute Gasteiger partial charge is 0.320 e. The molecule has 3 saturated carbocycles. The zero-order valence-corrected chi connectivity index (χ0v) is 13.4. The molecule has 3 saturated heterocycles. The van der Waals surface area contributed by atoms with Gasteiger partial charge in [-0.25, -0.2) is 4.79 Å². The van der Waals surface area contributed by atoms with Gasteiger partial charge in [0.25, 0.3) is 0 Å². The van der Waals surface area contributed by atoms with Crippen LogP contribution in [0.3, 0.4) is 0 Å². The summed E-state index contributed by atoms with van der Waals surface area (Å²) < 4.78 is 5.34. The highest BCUT2D eigenvalue weighted by molar-refractivity contribution is 5.89. The molecule has 7 nitrogen and oxygen atoms in total. The minimum absolute atomic E-state index is 0.0175. The molecule has 1 unspecified atom stereocenters. The third-order valence-electron chi connectivity index (χ3n) is 6.55. The molecule has 23 heavy (non-hydrogen) atoms. The van der Waals surface area contributed by atoms with Crippen molar-refractivity contribution in [1.29, 1.82) is 0 Å². The lowest BCUT2D eigenvalue weighted by Crippen LogP contribution is -2.79. The number of morpholine rings is 1. The van der Waals surface area contributed by atoms with Gasteiger partial charge in [-0.15, -0.1) is 0 Å². The van der Waals surface area contributed by atoms with E-state index in [1.807, 2.05) is 9.80 Å². The lowest BCUT2D eigenvalue weighted by Gasteiger charge is -2.72. The van der Waals surface area contributed by atoms with Crippen molar-refractivity contribution in [3.63, 3.8) is 0 Å². The van der Waals surface area contributed by atoms with Crippen LogP contribution in [0.25, 0.3) is 0 Å². The summed E-state index contributed by atoms with van der Waals surface area (Å²) in [6.07, 6.45) is 2.61. The number of urea groups is 1. The van der Waals surface area contributed by atoms with Crippen molar-refractivity contribution in [3.8, 4) is 0 Å². The maximum Gasteiger partial charge on any atom is 0.320 e. The first-order valence-corrected chi connectivity index (χ1v) is 8.80. The van der Waals surface area contributed by atoms with E-state index in [1.54, 1.807) is 0 Å². The van der Waals surface area contributed by atoms with Gasteiger partial charge in [0.05, 0.1) is 24.7 Å². The van der Waals surface area contributed by atoms with Crippen molar-refractivity contribution in [2.75, 3.05) is 52.5 Å². The SMILES string of the molecule is O=C1N2CCNCC2CN1C12CC(C(=O)N3CCOCC3)(C1)C2. The molecular weight excluding hydrogens is 296 g/mol. The van der Waals surface area contributed by atoms with Gasteiger partial charge in [0, 0.05) is 44.8 Å². The molecule has 3 amide bonds. The molecule has 3 aliphatic carbocycles. The summed E-state index contributed by atoms with van der Waals surface area (Å²) in [5.41, 5.74) is -0.185. The molecule has 6 fully saturated rings. The number of hydrogen-bond donors (Lipinski definition) is 1. The topological polar surface area (TPSA) is 65.1 Å². The van der Waals surface area contributed by atoms with Crippen LogP contribution in [0.15, 0.2) is 0 Å². The Morgan fingerprint density at radius 1 is 1.17 bits per heavy atom. The van der Waals surface area contributed by atoms with E-state index in [9.17, 15) is 9.59 Å². The molecule has 3 heterocycles. The molecule has 1 atom stereocenters. The number of nitrogens with zero attached hydrogens (tertiary/aromatic N) is 3. The Morgan fingerprint density at radius 2 is 1.91 bits per heavy atom. The molecule has 6 aliphatic rings. The molecule has 7 heteroatoms. The van der Waals surface area contributed by atoms with Gasteiger partial charge >= 0.3 is 6.03 Å². The Labute approximate surface area is 135 Å². The first-order valence-electron chi connectivity index (χ1n) is 8.80. The van der Waals surface area contributed by atoms with E-state index in [4.69, 9.17) is 4.74 Å². The van der Waals surface area contributed by atoms with Crippen LogP contribution in [0.4, 0.5) is 4.79 Å². The van der Waals surface area contributed by atoms with E-state index in [2.05, 4.69) is 10.2 Å². The summed E-state index contributed by atoms with van der Waals surface area (Å²) in [7, 11) is 0. The van der Waals surface area contributed by atoms with E-state index in [1.165, 1.54) is 0 Å². The maximum atomic E-state index is 12.8. The molecule has 0 aromatic rings. The van der Waals surface area contributed by atoms with Crippen LogP contribution in [0, 0.1) is 5.41 Å². The third kappa shape index (κ3) is 1.78. The second-order valence-electron chi connectivity index (χ2n) is 7.88. The van der Waals surface area contributed by atoms with Gasteiger partial charge in [0.2, 0.25) is 5.91 Å². The predicted molar refractivity (Wildman–Crippen MR) is 81.9 cm³/mol. The summed E-state index contributed by atoms with van der Waals surface area (Å²) in [5, 5.41) is 3.37. The van der Waals surface area contributed by atoms with E-state index >= 15 is 0 Å². The molecule has 0 spiro atoms. The van der Waals surface area contributed by atoms with Crippen LogP contribution >= 0.6 is 0 Å². The minimum Gasteiger partial charge on any atom is -0.378 e. The lowest BCUT2D eigenvalue weighted by atomic mass is 9.38. The van der Waals surface area contributed by atoms with Gasteiger partial charge in [-0.05, 0) is 19.3 Å². The number of nitrogens with one attached hydrogen (secondary N) is 1. The maximum absolute atomic E-state index is 12.8. The van der Waals surface area contributed by atoms with E-state index in [-0.39, 0.29) is 17.0 Å². The quantitative estimate of drug-likeness (QED) is 0.743. The average molecular weight is 320 g/mol. The Morgan fingerprint density at radius 3 is 2.61 bits per heavy atom. The van der Waals surface area contributed by atoms with E-state index < -0.39 is 0 Å². The summed E-state index contributed by atoms with van der Waals surface area (Å²) in [6, 6.07) is 0.514. The van der Waals surface area contributed by atoms with Crippen molar-refractivity contribution in [3.05, 3.63) is 0 Å². The van der Waals surface area contributed by atoms with Crippen molar-refractivity contribution in [2.24, 2.45) is 5.41 Å². The Bertz CT molecular complexity index is 540. The zero-order chi connectivity index (χ0) is 15.7. The average Bonchev–Trinajstić information content (AvgIpc) is 2.83. The largest absolute Gasteiger partial charge is 0.378 e. The second-order valence-corrected chi connectivity index (χ2v) is 7.88. The number of ether oxygens (including phenoxy) is 1. The number of rotatable bonds is 2. The van der Waals surface area contributed by atoms with Crippen LogP contribution in [0.5, 0.6) is 0 Å². The van der Waals surface area contributed by atoms with Crippen LogP contribution in [-0.4, -0.2) is 90.7 Å². The molecule has 2 bridgehead atoms. The van der Waals surface area contributed by atoms with E-state index in [0.29, 0.717) is 25.2 Å². The van der Waals surface area contributed by atoms with Crippen LogP contribution in [0.2, 0.25) is 0 Å². The number of carbonyl (C=O) groups excluding carboxylic acids is 2.